The second-order valence-corrected chi connectivity index (χ2v) is 4.34. The molecule has 0 saturated heterocycles. The predicted octanol–water partition coefficient (Wildman–Crippen LogP) is 3.24. The highest BCUT2D eigenvalue weighted by Crippen LogP contribution is 2.27. The summed E-state index contributed by atoms with van der Waals surface area (Å²) in [7, 11) is 0. The van der Waals surface area contributed by atoms with E-state index in [9.17, 15) is 0 Å². The molecule has 0 spiro atoms. The molecule has 4 nitrogen and oxygen atoms in total. The lowest BCUT2D eigenvalue weighted by Gasteiger charge is -2.16. The second kappa shape index (κ2) is 6.09. The van der Waals surface area contributed by atoms with Crippen LogP contribution in [0.3, 0.4) is 0 Å². The lowest BCUT2D eigenvalue weighted by molar-refractivity contribution is 0.342. The summed E-state index contributed by atoms with van der Waals surface area (Å²) >= 11 is 0. The van der Waals surface area contributed by atoms with Crippen LogP contribution in [-0.2, 0) is 0 Å². The molecule has 0 amide bonds. The van der Waals surface area contributed by atoms with Gasteiger partial charge >= 0.3 is 0 Å². The van der Waals surface area contributed by atoms with E-state index < -0.39 is 0 Å². The number of hydrogen-bond donors (Lipinski definition) is 2. The van der Waals surface area contributed by atoms with E-state index in [0.29, 0.717) is 18.0 Å². The number of pyridine rings is 1. The monoisotopic (exact) mass is 257 g/mol. The van der Waals surface area contributed by atoms with E-state index in [1.54, 1.807) is 6.20 Å². The van der Waals surface area contributed by atoms with Crippen LogP contribution in [0.15, 0.2) is 42.7 Å². The van der Waals surface area contributed by atoms with Crippen molar-refractivity contribution in [2.75, 3.05) is 17.7 Å². The Morgan fingerprint density at radius 3 is 2.89 bits per heavy atom. The van der Waals surface area contributed by atoms with Gasteiger partial charge in [-0.05, 0) is 37.6 Å². The molecular weight excluding hydrogens is 238 g/mol. The fourth-order valence-corrected chi connectivity index (χ4v) is 1.87. The topological polar surface area (TPSA) is 60.2 Å². The molecule has 0 aliphatic heterocycles. The van der Waals surface area contributed by atoms with Crippen molar-refractivity contribution in [3.63, 3.8) is 0 Å². The van der Waals surface area contributed by atoms with Crippen LogP contribution in [0.5, 0.6) is 5.75 Å². The zero-order valence-corrected chi connectivity index (χ0v) is 11.3. The molecule has 4 heteroatoms. The SMILES string of the molecule is CCOc1cc(NC(C)c2cccnc2)ccc1N. The predicted molar refractivity (Wildman–Crippen MR) is 78.3 cm³/mol. The van der Waals surface area contributed by atoms with Crippen molar-refractivity contribution in [2.45, 2.75) is 19.9 Å². The number of anilines is 2. The van der Waals surface area contributed by atoms with Gasteiger partial charge in [-0.1, -0.05) is 6.07 Å². The summed E-state index contributed by atoms with van der Waals surface area (Å²) in [5, 5.41) is 3.41. The number of rotatable bonds is 5. The Morgan fingerprint density at radius 2 is 2.21 bits per heavy atom. The summed E-state index contributed by atoms with van der Waals surface area (Å²) < 4.78 is 5.49. The molecule has 0 saturated carbocycles. The maximum absolute atomic E-state index is 5.85. The van der Waals surface area contributed by atoms with Crippen LogP contribution in [0.2, 0.25) is 0 Å². The molecule has 2 rings (SSSR count). The van der Waals surface area contributed by atoms with Crippen LogP contribution >= 0.6 is 0 Å². The number of hydrogen-bond acceptors (Lipinski definition) is 4. The highest BCUT2D eigenvalue weighted by molar-refractivity contribution is 5.61. The lowest BCUT2D eigenvalue weighted by atomic mass is 10.1. The molecule has 0 bridgehead atoms. The smallest absolute Gasteiger partial charge is 0.144 e. The molecule has 1 aromatic heterocycles. The number of benzene rings is 1. The molecule has 100 valence electrons. The van der Waals surface area contributed by atoms with E-state index in [2.05, 4.69) is 17.2 Å². The lowest BCUT2D eigenvalue weighted by Crippen LogP contribution is -2.07. The fourth-order valence-electron chi connectivity index (χ4n) is 1.87. The van der Waals surface area contributed by atoms with Gasteiger partial charge in [0, 0.05) is 24.1 Å². The minimum atomic E-state index is 0.173. The molecule has 1 aromatic carbocycles. The third-order valence-corrected chi connectivity index (χ3v) is 2.88. The number of nitrogen functional groups attached to an aromatic ring is 1. The molecular formula is C15H19N3O. The van der Waals surface area contributed by atoms with E-state index in [1.807, 2.05) is 43.5 Å². The molecule has 0 radical (unpaired) electrons. The maximum atomic E-state index is 5.85. The zero-order chi connectivity index (χ0) is 13.7. The van der Waals surface area contributed by atoms with Crippen molar-refractivity contribution in [3.8, 4) is 5.75 Å². The Morgan fingerprint density at radius 1 is 1.37 bits per heavy atom. The summed E-state index contributed by atoms with van der Waals surface area (Å²) in [5.41, 5.74) is 8.63. The number of ether oxygens (including phenoxy) is 1. The van der Waals surface area contributed by atoms with Gasteiger partial charge < -0.3 is 15.8 Å². The molecule has 0 fully saturated rings. The second-order valence-electron chi connectivity index (χ2n) is 4.34. The van der Waals surface area contributed by atoms with Crippen molar-refractivity contribution in [3.05, 3.63) is 48.3 Å². The van der Waals surface area contributed by atoms with E-state index in [4.69, 9.17) is 10.5 Å². The van der Waals surface area contributed by atoms with Gasteiger partial charge in [-0.3, -0.25) is 4.98 Å². The van der Waals surface area contributed by atoms with Gasteiger partial charge in [0.15, 0.2) is 0 Å². The van der Waals surface area contributed by atoms with Crippen LogP contribution in [0.1, 0.15) is 25.5 Å². The quantitative estimate of drug-likeness (QED) is 0.807. The Bertz CT molecular complexity index is 528. The number of nitrogens with two attached hydrogens (primary N) is 1. The Hall–Kier alpha value is -2.23. The van der Waals surface area contributed by atoms with E-state index in [-0.39, 0.29) is 6.04 Å². The molecule has 0 aliphatic rings. The van der Waals surface area contributed by atoms with Crippen molar-refractivity contribution >= 4 is 11.4 Å². The summed E-state index contributed by atoms with van der Waals surface area (Å²) in [6.07, 6.45) is 3.63. The van der Waals surface area contributed by atoms with Gasteiger partial charge in [-0.2, -0.15) is 0 Å². The standard InChI is InChI=1S/C15H19N3O/c1-3-19-15-9-13(6-7-14(15)16)18-11(2)12-5-4-8-17-10-12/h4-11,18H,3,16H2,1-2H3. The van der Waals surface area contributed by atoms with Crippen LogP contribution in [0, 0.1) is 0 Å². The first-order valence-electron chi connectivity index (χ1n) is 6.39. The summed E-state index contributed by atoms with van der Waals surface area (Å²) in [6, 6.07) is 9.87. The molecule has 1 unspecified atom stereocenters. The average Bonchev–Trinajstić information content (AvgIpc) is 2.44. The van der Waals surface area contributed by atoms with Crippen molar-refractivity contribution in [2.24, 2.45) is 0 Å². The van der Waals surface area contributed by atoms with Gasteiger partial charge in [0.25, 0.3) is 0 Å². The molecule has 1 atom stereocenters. The van der Waals surface area contributed by atoms with Gasteiger partial charge in [0.05, 0.1) is 18.3 Å². The third-order valence-electron chi connectivity index (χ3n) is 2.88. The highest BCUT2D eigenvalue weighted by Gasteiger charge is 2.07. The Labute approximate surface area is 113 Å². The van der Waals surface area contributed by atoms with E-state index in [0.717, 1.165) is 11.3 Å². The third kappa shape index (κ3) is 3.37. The average molecular weight is 257 g/mol. The van der Waals surface area contributed by atoms with Gasteiger partial charge in [0.2, 0.25) is 0 Å². The van der Waals surface area contributed by atoms with E-state index >= 15 is 0 Å². The minimum absolute atomic E-state index is 0.173. The first-order valence-corrected chi connectivity index (χ1v) is 6.39. The highest BCUT2D eigenvalue weighted by atomic mass is 16.5. The number of nitrogens with zero attached hydrogens (tertiary/aromatic N) is 1. The molecule has 3 N–H and O–H groups in total. The molecule has 1 heterocycles. The van der Waals surface area contributed by atoms with Crippen LogP contribution in [0.25, 0.3) is 0 Å². The first kappa shape index (κ1) is 13.2. The summed E-state index contributed by atoms with van der Waals surface area (Å²) in [5.74, 6) is 0.714. The zero-order valence-electron chi connectivity index (χ0n) is 11.3. The fraction of sp³-hybridized carbons (Fsp3) is 0.267. The minimum Gasteiger partial charge on any atom is -0.492 e. The van der Waals surface area contributed by atoms with E-state index in [1.165, 1.54) is 0 Å². The van der Waals surface area contributed by atoms with Crippen LogP contribution < -0.4 is 15.8 Å². The normalized spacial score (nSPS) is 11.9. The largest absolute Gasteiger partial charge is 0.492 e. The van der Waals surface area contributed by atoms with Gasteiger partial charge in [-0.25, -0.2) is 0 Å². The molecule has 19 heavy (non-hydrogen) atoms. The van der Waals surface area contributed by atoms with Crippen molar-refractivity contribution < 1.29 is 4.74 Å². The molecule has 0 aliphatic carbocycles. The maximum Gasteiger partial charge on any atom is 0.144 e. The Balaban J connectivity index is 2.13. The van der Waals surface area contributed by atoms with Gasteiger partial charge in [-0.15, -0.1) is 0 Å². The van der Waals surface area contributed by atoms with Crippen molar-refractivity contribution in [1.82, 2.24) is 4.98 Å². The first-order chi connectivity index (χ1) is 9.20. The Kier molecular flexibility index (Phi) is 4.23. The van der Waals surface area contributed by atoms with Crippen LogP contribution in [0.4, 0.5) is 11.4 Å². The van der Waals surface area contributed by atoms with Crippen LogP contribution in [-0.4, -0.2) is 11.6 Å². The van der Waals surface area contributed by atoms with Crippen molar-refractivity contribution in [1.29, 1.82) is 0 Å². The number of nitrogens with one attached hydrogen (secondary N) is 1. The number of aromatic nitrogens is 1. The molecule has 2 aromatic rings. The van der Waals surface area contributed by atoms with Gasteiger partial charge in [0.1, 0.15) is 5.75 Å². The summed E-state index contributed by atoms with van der Waals surface area (Å²) in [4.78, 5) is 4.12. The summed E-state index contributed by atoms with van der Waals surface area (Å²) in [6.45, 7) is 4.64.